The first-order chi connectivity index (χ1) is 42.4. The van der Waals surface area contributed by atoms with Crippen LogP contribution in [0.5, 0.6) is 0 Å². The summed E-state index contributed by atoms with van der Waals surface area (Å²) < 4.78 is 14.2. The lowest BCUT2D eigenvalue weighted by Crippen LogP contribution is -2.54. The van der Waals surface area contributed by atoms with Crippen LogP contribution in [0, 0.1) is 0 Å². The summed E-state index contributed by atoms with van der Waals surface area (Å²) in [6.07, 6.45) is 6.79. The number of hydrogen-bond acceptors (Lipinski definition) is 5. The molecule has 88 heavy (non-hydrogen) atoms. The minimum absolute atomic E-state index is 0.0465. The van der Waals surface area contributed by atoms with Crippen molar-refractivity contribution in [2.45, 2.75) is 146 Å². The van der Waals surface area contributed by atoms with Crippen molar-refractivity contribution in [3.8, 4) is 11.1 Å². The Morgan fingerprint density at radius 2 is 0.909 bits per heavy atom. The Hall–Kier alpha value is -8.80. The summed E-state index contributed by atoms with van der Waals surface area (Å²) in [5.41, 5.74) is 28.4. The molecule has 3 aliphatic carbocycles. The van der Waals surface area contributed by atoms with E-state index in [4.69, 9.17) is 8.83 Å². The highest BCUT2D eigenvalue weighted by atomic mass is 16.3. The highest BCUT2D eigenvalue weighted by Gasteiger charge is 2.59. The fraction of sp³-hybridized carbons (Fsp3) is 0.277. The van der Waals surface area contributed by atoms with E-state index < -0.39 is 0 Å². The normalized spacial score (nSPS) is 22.0. The Morgan fingerprint density at radius 3 is 1.62 bits per heavy atom. The SMILES string of the molecule is CC1(C)CCC(C)(C)c2cc3c(cc21)C1c2cc4c(cc2N(c2cccc5oc6ccccc6c25)c2cc(N5c6ccc(-c7ccccc7)cc6C6(C)CCCCC56C)cc(c21)N3c1cccc2c1oc1ccccc12)C(C)(C)c1ccccc1C4(C)C. The molecular formula is C83H75N3O2. The first-order valence-corrected chi connectivity index (χ1v) is 32.4. The molecule has 0 N–H and O–H groups in total. The van der Waals surface area contributed by atoms with E-state index >= 15 is 0 Å². The maximum atomic E-state index is 7.26. The van der Waals surface area contributed by atoms with Gasteiger partial charge in [-0.1, -0.05) is 203 Å². The summed E-state index contributed by atoms with van der Waals surface area (Å²) in [6, 6.07) is 74.6. The monoisotopic (exact) mass is 1150 g/mol. The highest BCUT2D eigenvalue weighted by molar-refractivity contribution is 6.16. The molecule has 5 heteroatoms. The van der Waals surface area contributed by atoms with Gasteiger partial charge in [-0.15, -0.1) is 0 Å². The molecule has 3 atom stereocenters. The molecule has 18 rings (SSSR count). The number of furan rings is 2. The van der Waals surface area contributed by atoms with E-state index in [0.29, 0.717) is 0 Å². The average Bonchev–Trinajstić information content (AvgIpc) is 0.954. The number of fused-ring (bicyclic) bond motifs is 16. The molecule has 1 saturated carbocycles. The van der Waals surface area contributed by atoms with Crippen molar-refractivity contribution in [2.75, 3.05) is 14.7 Å². The highest BCUT2D eigenvalue weighted by Crippen LogP contribution is 2.68. The molecule has 6 aliphatic rings. The van der Waals surface area contributed by atoms with Gasteiger partial charge in [-0.3, -0.25) is 0 Å². The van der Waals surface area contributed by atoms with Crippen molar-refractivity contribution in [1.82, 2.24) is 0 Å². The smallest absolute Gasteiger partial charge is 0.159 e. The van der Waals surface area contributed by atoms with E-state index in [0.717, 1.165) is 80.9 Å². The second-order valence-corrected chi connectivity index (χ2v) is 29.7. The Kier molecular flexibility index (Phi) is 10.4. The van der Waals surface area contributed by atoms with Gasteiger partial charge < -0.3 is 23.5 Å². The minimum Gasteiger partial charge on any atom is -0.456 e. The van der Waals surface area contributed by atoms with Gasteiger partial charge in [0, 0.05) is 55.3 Å². The van der Waals surface area contributed by atoms with Crippen molar-refractivity contribution in [3.63, 3.8) is 0 Å². The minimum atomic E-state index is -0.303. The van der Waals surface area contributed by atoms with Crippen molar-refractivity contribution in [2.24, 2.45) is 0 Å². The summed E-state index contributed by atoms with van der Waals surface area (Å²) in [5, 5.41) is 4.48. The Morgan fingerprint density at radius 1 is 0.364 bits per heavy atom. The molecule has 3 unspecified atom stereocenters. The van der Waals surface area contributed by atoms with Gasteiger partial charge >= 0.3 is 0 Å². The molecule has 10 aromatic carbocycles. The zero-order chi connectivity index (χ0) is 59.8. The van der Waals surface area contributed by atoms with Crippen LogP contribution in [0.15, 0.2) is 203 Å². The zero-order valence-corrected chi connectivity index (χ0v) is 52.5. The number of benzene rings is 10. The van der Waals surface area contributed by atoms with Crippen LogP contribution in [0.25, 0.3) is 55.0 Å². The second-order valence-electron chi connectivity index (χ2n) is 29.7. The van der Waals surface area contributed by atoms with E-state index in [1.165, 1.54) is 114 Å². The lowest BCUT2D eigenvalue weighted by molar-refractivity contribution is 0.195. The first kappa shape index (κ1) is 52.3. The van der Waals surface area contributed by atoms with Gasteiger partial charge in [-0.2, -0.15) is 0 Å². The van der Waals surface area contributed by atoms with Crippen LogP contribution in [0.1, 0.15) is 169 Å². The largest absolute Gasteiger partial charge is 0.456 e. The van der Waals surface area contributed by atoms with Crippen LogP contribution in [-0.2, 0) is 27.1 Å². The van der Waals surface area contributed by atoms with Gasteiger partial charge in [0.1, 0.15) is 16.7 Å². The molecule has 5 nitrogen and oxygen atoms in total. The maximum absolute atomic E-state index is 7.26. The van der Waals surface area contributed by atoms with Crippen molar-refractivity contribution < 1.29 is 8.83 Å². The molecule has 0 bridgehead atoms. The number of rotatable bonds is 4. The van der Waals surface area contributed by atoms with Gasteiger partial charge in [0.05, 0.1) is 45.0 Å². The standard InChI is InChI=1S/C83H75N3O2/c1-78(2)40-41-79(3,4)60-47-67-55(45-59(60)78)74-56-46-61-62(81(7,8)58-30-17-16-29-57(58)80(61,5)6)48-68(56)84(65-31-23-35-73-75(65)54-27-15-19-34-72(54)87-73)69-43-51(44-70(76(69)74)85(67)66-32-22-28-53-52-26-14-18-33-71(52)88-77(53)66)86-64-37-36-50(49-24-12-11-13-25-49)42-63(64)82(9)38-20-21-39-83(82,86)10/h11-19,22-37,42-48,74H,20-21,38-41H2,1-10H3. The molecule has 434 valence electrons. The predicted octanol–water partition coefficient (Wildman–Crippen LogP) is 23.0. The molecule has 0 radical (unpaired) electrons. The number of nitrogens with zero attached hydrogens (tertiary/aromatic N) is 3. The molecule has 2 aromatic heterocycles. The van der Waals surface area contributed by atoms with Crippen LogP contribution in [-0.4, -0.2) is 5.54 Å². The van der Waals surface area contributed by atoms with Gasteiger partial charge in [0.25, 0.3) is 0 Å². The molecule has 0 saturated heterocycles. The van der Waals surface area contributed by atoms with E-state index in [-0.39, 0.29) is 38.5 Å². The van der Waals surface area contributed by atoms with Crippen LogP contribution in [0.4, 0.5) is 45.5 Å². The Labute approximate surface area is 517 Å². The number of hydrogen-bond donors (Lipinski definition) is 0. The third-order valence-corrected chi connectivity index (χ3v) is 23.5. The van der Waals surface area contributed by atoms with E-state index in [2.05, 4.69) is 278 Å². The zero-order valence-electron chi connectivity index (χ0n) is 52.5. The van der Waals surface area contributed by atoms with Crippen molar-refractivity contribution >= 4 is 89.4 Å². The Balaban J connectivity index is 1.02. The van der Waals surface area contributed by atoms with Crippen LogP contribution < -0.4 is 14.7 Å². The molecule has 5 heterocycles. The van der Waals surface area contributed by atoms with E-state index in [1.54, 1.807) is 0 Å². The van der Waals surface area contributed by atoms with E-state index in [1.807, 2.05) is 0 Å². The van der Waals surface area contributed by atoms with Gasteiger partial charge in [-0.05, 0) is 171 Å². The molecule has 0 amide bonds. The number of para-hydroxylation sites is 3. The second kappa shape index (κ2) is 17.5. The lowest BCUT2D eigenvalue weighted by Gasteiger charge is -2.52. The molecule has 12 aromatic rings. The van der Waals surface area contributed by atoms with Gasteiger partial charge in [0.2, 0.25) is 0 Å². The topological polar surface area (TPSA) is 36.0 Å². The Bertz CT molecular complexity index is 5010. The maximum Gasteiger partial charge on any atom is 0.159 e. The lowest BCUT2D eigenvalue weighted by atomic mass is 9.58. The summed E-state index contributed by atoms with van der Waals surface area (Å²) in [7, 11) is 0. The fourth-order valence-electron chi connectivity index (χ4n) is 18.4. The van der Waals surface area contributed by atoms with Crippen LogP contribution in [0.2, 0.25) is 0 Å². The van der Waals surface area contributed by atoms with Crippen LogP contribution >= 0.6 is 0 Å². The van der Waals surface area contributed by atoms with Crippen LogP contribution in [0.3, 0.4) is 0 Å². The van der Waals surface area contributed by atoms with Gasteiger partial charge in [0.15, 0.2) is 5.58 Å². The summed E-state index contributed by atoms with van der Waals surface area (Å²) in [6.45, 7) is 25.0. The molecule has 1 fully saturated rings. The molecular weight excluding hydrogens is 1070 g/mol. The average molecular weight is 1150 g/mol. The third-order valence-electron chi connectivity index (χ3n) is 23.5. The first-order valence-electron chi connectivity index (χ1n) is 32.4. The summed E-state index contributed by atoms with van der Waals surface area (Å²) >= 11 is 0. The predicted molar refractivity (Wildman–Crippen MR) is 366 cm³/mol. The van der Waals surface area contributed by atoms with Crippen molar-refractivity contribution in [3.05, 3.63) is 250 Å². The number of anilines is 8. The summed E-state index contributed by atoms with van der Waals surface area (Å²) in [4.78, 5) is 8.21. The quantitative estimate of drug-likeness (QED) is 0.176. The van der Waals surface area contributed by atoms with E-state index in [9.17, 15) is 0 Å². The van der Waals surface area contributed by atoms with Crippen molar-refractivity contribution in [1.29, 1.82) is 0 Å². The van der Waals surface area contributed by atoms with Gasteiger partial charge in [-0.25, -0.2) is 0 Å². The molecule has 3 aliphatic heterocycles. The molecule has 0 spiro atoms. The third kappa shape index (κ3) is 6.72. The summed E-state index contributed by atoms with van der Waals surface area (Å²) in [5.74, 6) is -0.144. The fourth-order valence-corrected chi connectivity index (χ4v) is 18.4.